The van der Waals surface area contributed by atoms with E-state index >= 15 is 0 Å². The van der Waals surface area contributed by atoms with Crippen LogP contribution < -0.4 is 5.56 Å². The molecule has 1 aliphatic carbocycles. The molecule has 0 atom stereocenters. The van der Waals surface area contributed by atoms with Crippen LogP contribution in [0, 0.1) is 0 Å². The van der Waals surface area contributed by atoms with Gasteiger partial charge in [-0.25, -0.2) is 0 Å². The van der Waals surface area contributed by atoms with Crippen molar-refractivity contribution in [1.82, 2.24) is 9.47 Å². The van der Waals surface area contributed by atoms with E-state index in [4.69, 9.17) is 4.74 Å². The lowest BCUT2D eigenvalue weighted by Crippen LogP contribution is -2.53. The first-order valence-corrected chi connectivity index (χ1v) is 7.26. The van der Waals surface area contributed by atoms with Crippen molar-refractivity contribution in [3.63, 3.8) is 0 Å². The van der Waals surface area contributed by atoms with Gasteiger partial charge in [-0.3, -0.25) is 9.59 Å². The number of amides is 1. The van der Waals surface area contributed by atoms with Gasteiger partial charge < -0.3 is 14.2 Å². The van der Waals surface area contributed by atoms with Gasteiger partial charge in [-0.05, 0) is 18.9 Å². The molecule has 3 rings (SSSR count). The van der Waals surface area contributed by atoms with Crippen molar-refractivity contribution in [2.45, 2.75) is 37.8 Å². The van der Waals surface area contributed by atoms with Gasteiger partial charge in [0.15, 0.2) is 0 Å². The highest BCUT2D eigenvalue weighted by Crippen LogP contribution is 2.35. The highest BCUT2D eigenvalue weighted by molar-refractivity contribution is 5.76. The zero-order chi connectivity index (χ0) is 14.0. The highest BCUT2D eigenvalue weighted by Gasteiger charge is 2.40. The second-order valence-corrected chi connectivity index (χ2v) is 5.72. The van der Waals surface area contributed by atoms with E-state index < -0.39 is 0 Å². The maximum absolute atomic E-state index is 12.4. The molecule has 0 radical (unpaired) electrons. The molecule has 1 aromatic rings. The number of rotatable bonds is 2. The van der Waals surface area contributed by atoms with E-state index in [0.717, 1.165) is 12.8 Å². The Bertz CT molecular complexity index is 546. The molecular formula is C15H20N2O3. The molecule has 1 amide bonds. The number of nitrogens with zero attached hydrogens (tertiary/aromatic N) is 2. The number of carbonyl (C=O) groups excluding carboxylic acids is 1. The summed E-state index contributed by atoms with van der Waals surface area (Å²) in [5.74, 6) is 0.00729. The Morgan fingerprint density at radius 2 is 2.10 bits per heavy atom. The number of aromatic nitrogens is 1. The predicted octanol–water partition coefficient (Wildman–Crippen LogP) is 1.02. The minimum Gasteiger partial charge on any atom is -0.371 e. The fraction of sp³-hybridized carbons (Fsp3) is 0.600. The van der Waals surface area contributed by atoms with Gasteiger partial charge in [-0.1, -0.05) is 18.9 Å². The Kier molecular flexibility index (Phi) is 3.61. The first kappa shape index (κ1) is 13.4. The molecule has 2 heterocycles. The Balaban J connectivity index is 1.68. The first-order valence-electron chi connectivity index (χ1n) is 7.26. The minimum absolute atomic E-state index is 0.00729. The molecule has 2 fully saturated rings. The summed E-state index contributed by atoms with van der Waals surface area (Å²) >= 11 is 0. The molecule has 20 heavy (non-hydrogen) atoms. The van der Waals surface area contributed by atoms with Crippen LogP contribution in [0.3, 0.4) is 0 Å². The van der Waals surface area contributed by atoms with E-state index in [9.17, 15) is 9.59 Å². The van der Waals surface area contributed by atoms with Crippen LogP contribution in [0.25, 0.3) is 0 Å². The van der Waals surface area contributed by atoms with Crippen LogP contribution >= 0.6 is 0 Å². The standard InChI is InChI=1S/C15H20N2O3/c18-13-5-1-4-8-16(13)11-14(19)17-9-10-20-15(12-17)6-2-3-7-15/h1,4-5,8H,2-3,6-7,9-12H2. The van der Waals surface area contributed by atoms with Gasteiger partial charge in [0, 0.05) is 25.4 Å². The third-order valence-corrected chi connectivity index (χ3v) is 4.32. The van der Waals surface area contributed by atoms with Gasteiger partial charge in [0.05, 0.1) is 12.2 Å². The van der Waals surface area contributed by atoms with Crippen LogP contribution in [-0.2, 0) is 16.1 Å². The summed E-state index contributed by atoms with van der Waals surface area (Å²) < 4.78 is 7.38. The Labute approximate surface area is 118 Å². The third-order valence-electron chi connectivity index (χ3n) is 4.32. The first-order chi connectivity index (χ1) is 9.69. The largest absolute Gasteiger partial charge is 0.371 e. The fourth-order valence-electron chi connectivity index (χ4n) is 3.22. The molecule has 0 aromatic carbocycles. The van der Waals surface area contributed by atoms with Crippen molar-refractivity contribution in [2.75, 3.05) is 19.7 Å². The van der Waals surface area contributed by atoms with Gasteiger partial charge >= 0.3 is 0 Å². The van der Waals surface area contributed by atoms with Crippen LogP contribution in [0.2, 0.25) is 0 Å². The average molecular weight is 276 g/mol. The maximum Gasteiger partial charge on any atom is 0.250 e. The molecule has 1 aromatic heterocycles. The Morgan fingerprint density at radius 1 is 1.30 bits per heavy atom. The molecule has 0 N–H and O–H groups in total. The summed E-state index contributed by atoms with van der Waals surface area (Å²) in [6.07, 6.45) is 6.11. The molecule has 1 saturated carbocycles. The zero-order valence-corrected chi connectivity index (χ0v) is 11.6. The van der Waals surface area contributed by atoms with Crippen molar-refractivity contribution < 1.29 is 9.53 Å². The molecule has 2 aliphatic rings. The third kappa shape index (κ3) is 2.63. The summed E-state index contributed by atoms with van der Waals surface area (Å²) in [4.78, 5) is 25.9. The van der Waals surface area contributed by atoms with Gasteiger partial charge in [0.25, 0.3) is 5.56 Å². The highest BCUT2D eigenvalue weighted by atomic mass is 16.5. The summed E-state index contributed by atoms with van der Waals surface area (Å²) in [7, 11) is 0. The molecule has 0 bridgehead atoms. The van der Waals surface area contributed by atoms with Crippen LogP contribution in [0.1, 0.15) is 25.7 Å². The summed E-state index contributed by atoms with van der Waals surface area (Å²) in [6.45, 7) is 2.03. The summed E-state index contributed by atoms with van der Waals surface area (Å²) in [5, 5.41) is 0. The van der Waals surface area contributed by atoms with Crippen molar-refractivity contribution >= 4 is 5.91 Å². The van der Waals surface area contributed by atoms with E-state index in [2.05, 4.69) is 0 Å². The number of hydrogen-bond acceptors (Lipinski definition) is 3. The molecule has 1 aliphatic heterocycles. The molecule has 0 unspecified atom stereocenters. The molecular weight excluding hydrogens is 256 g/mol. The zero-order valence-electron chi connectivity index (χ0n) is 11.6. The predicted molar refractivity (Wildman–Crippen MR) is 74.4 cm³/mol. The Morgan fingerprint density at radius 3 is 2.85 bits per heavy atom. The monoisotopic (exact) mass is 276 g/mol. The van der Waals surface area contributed by atoms with E-state index in [1.54, 1.807) is 18.3 Å². The van der Waals surface area contributed by atoms with Gasteiger partial charge in [0.1, 0.15) is 6.54 Å². The smallest absolute Gasteiger partial charge is 0.250 e. The minimum atomic E-state index is -0.135. The summed E-state index contributed by atoms with van der Waals surface area (Å²) in [6, 6.07) is 4.93. The van der Waals surface area contributed by atoms with E-state index in [-0.39, 0.29) is 23.6 Å². The number of hydrogen-bond donors (Lipinski definition) is 0. The topological polar surface area (TPSA) is 51.5 Å². The SMILES string of the molecule is O=C(Cn1ccccc1=O)N1CCOC2(CCCC2)C1. The maximum atomic E-state index is 12.4. The number of carbonyl (C=O) groups is 1. The lowest BCUT2D eigenvalue weighted by Gasteiger charge is -2.40. The van der Waals surface area contributed by atoms with E-state index in [0.29, 0.717) is 19.7 Å². The van der Waals surface area contributed by atoms with Crippen molar-refractivity contribution in [3.8, 4) is 0 Å². The van der Waals surface area contributed by atoms with Crippen LogP contribution in [0.5, 0.6) is 0 Å². The second-order valence-electron chi connectivity index (χ2n) is 5.72. The number of ether oxygens (including phenoxy) is 1. The number of morpholine rings is 1. The normalized spacial score (nSPS) is 21.3. The molecule has 1 spiro atoms. The fourth-order valence-corrected chi connectivity index (χ4v) is 3.22. The van der Waals surface area contributed by atoms with Gasteiger partial charge in [-0.15, -0.1) is 0 Å². The quantitative estimate of drug-likeness (QED) is 0.810. The Hall–Kier alpha value is -1.62. The van der Waals surface area contributed by atoms with E-state index in [1.165, 1.54) is 23.5 Å². The molecule has 5 nitrogen and oxygen atoms in total. The second kappa shape index (κ2) is 5.40. The average Bonchev–Trinajstić information content (AvgIpc) is 2.89. The van der Waals surface area contributed by atoms with Crippen molar-refractivity contribution in [2.24, 2.45) is 0 Å². The van der Waals surface area contributed by atoms with Gasteiger partial charge in [0.2, 0.25) is 5.91 Å². The lowest BCUT2D eigenvalue weighted by molar-refractivity contribution is -0.150. The van der Waals surface area contributed by atoms with Crippen LogP contribution in [0.4, 0.5) is 0 Å². The van der Waals surface area contributed by atoms with Gasteiger partial charge in [-0.2, -0.15) is 0 Å². The molecule has 1 saturated heterocycles. The summed E-state index contributed by atoms with van der Waals surface area (Å²) in [5.41, 5.74) is -0.250. The molecule has 108 valence electrons. The van der Waals surface area contributed by atoms with Crippen LogP contribution in [0.15, 0.2) is 29.2 Å². The van der Waals surface area contributed by atoms with Crippen LogP contribution in [-0.4, -0.2) is 40.7 Å². The molecule has 5 heteroatoms. The lowest BCUT2D eigenvalue weighted by atomic mass is 10.00. The van der Waals surface area contributed by atoms with Crippen molar-refractivity contribution in [1.29, 1.82) is 0 Å². The van der Waals surface area contributed by atoms with E-state index in [1.807, 2.05) is 4.90 Å². The van der Waals surface area contributed by atoms with Crippen molar-refractivity contribution in [3.05, 3.63) is 34.7 Å². The number of pyridine rings is 1.